The van der Waals surface area contributed by atoms with E-state index in [4.69, 9.17) is 9.26 Å². The quantitative estimate of drug-likeness (QED) is 0.638. The van der Waals surface area contributed by atoms with Crippen LogP contribution in [-0.2, 0) is 7.05 Å². The summed E-state index contributed by atoms with van der Waals surface area (Å²) in [5.74, 6) is 1.84. The van der Waals surface area contributed by atoms with Crippen LogP contribution in [0.3, 0.4) is 0 Å². The molecular weight excluding hydrogens is 407 g/mol. The van der Waals surface area contributed by atoms with Crippen LogP contribution in [0, 0.1) is 5.82 Å². The molecule has 8 nitrogen and oxygen atoms in total. The maximum Gasteiger partial charge on any atom is 0.242 e. The second-order valence-corrected chi connectivity index (χ2v) is 6.89. The van der Waals surface area contributed by atoms with Gasteiger partial charge in [0.15, 0.2) is 5.82 Å². The van der Waals surface area contributed by atoms with Crippen molar-refractivity contribution < 1.29 is 13.7 Å². The molecule has 0 amide bonds. The zero-order chi connectivity index (χ0) is 18.1. The smallest absolute Gasteiger partial charge is 0.242 e. The molecule has 2 aromatic heterocycles. The summed E-state index contributed by atoms with van der Waals surface area (Å²) in [7, 11) is 1.69. The summed E-state index contributed by atoms with van der Waals surface area (Å²) in [6.45, 7) is 1.52. The van der Waals surface area contributed by atoms with E-state index in [2.05, 4.69) is 41.4 Å². The molecule has 1 aliphatic heterocycles. The maximum absolute atomic E-state index is 13.4. The van der Waals surface area contributed by atoms with Crippen molar-refractivity contribution >= 4 is 21.7 Å². The number of hydrogen-bond acceptors (Lipinski definition) is 7. The van der Waals surface area contributed by atoms with Gasteiger partial charge in [0, 0.05) is 38.1 Å². The van der Waals surface area contributed by atoms with Gasteiger partial charge in [-0.3, -0.25) is 0 Å². The second-order valence-electron chi connectivity index (χ2n) is 6.03. The lowest BCUT2D eigenvalue weighted by Crippen LogP contribution is -2.38. The molecule has 0 aliphatic carbocycles. The number of aromatic nitrogens is 5. The highest BCUT2D eigenvalue weighted by atomic mass is 79.9. The molecule has 1 saturated heterocycles. The first-order chi connectivity index (χ1) is 12.6. The third-order valence-electron chi connectivity index (χ3n) is 4.18. The van der Waals surface area contributed by atoms with Crippen molar-refractivity contribution in [1.82, 2.24) is 25.4 Å². The van der Waals surface area contributed by atoms with E-state index in [9.17, 15) is 4.39 Å². The molecule has 0 bridgehead atoms. The Balaban J connectivity index is 1.38. The minimum absolute atomic E-state index is 0.0254. The lowest BCUT2D eigenvalue weighted by atomic mass is 10.1. The van der Waals surface area contributed by atoms with E-state index in [0.717, 1.165) is 36.2 Å². The Kier molecular flexibility index (Phi) is 4.58. The van der Waals surface area contributed by atoms with E-state index in [0.29, 0.717) is 17.3 Å². The van der Waals surface area contributed by atoms with Gasteiger partial charge in [-0.1, -0.05) is 5.16 Å². The van der Waals surface area contributed by atoms with Gasteiger partial charge in [-0.05, 0) is 33.3 Å². The molecule has 0 atom stereocenters. The summed E-state index contributed by atoms with van der Waals surface area (Å²) < 4.78 is 25.4. The monoisotopic (exact) mass is 422 g/mol. The van der Waals surface area contributed by atoms with Crippen LogP contribution in [0.15, 0.2) is 33.3 Å². The van der Waals surface area contributed by atoms with Crippen LogP contribution in [-0.4, -0.2) is 44.6 Å². The van der Waals surface area contributed by atoms with E-state index in [-0.39, 0.29) is 11.9 Å². The van der Waals surface area contributed by atoms with Gasteiger partial charge in [0.25, 0.3) is 0 Å². The Bertz CT molecular complexity index is 906. The Labute approximate surface area is 157 Å². The Hall–Kier alpha value is -2.49. The summed E-state index contributed by atoms with van der Waals surface area (Å²) in [4.78, 5) is 3.48. The van der Waals surface area contributed by atoms with E-state index >= 15 is 0 Å². The van der Waals surface area contributed by atoms with Crippen LogP contribution in [0.2, 0.25) is 0 Å². The highest BCUT2D eigenvalue weighted by Crippen LogP contribution is 2.30. The van der Waals surface area contributed by atoms with E-state index in [1.165, 1.54) is 16.9 Å². The van der Waals surface area contributed by atoms with Crippen LogP contribution < -0.4 is 9.64 Å². The minimum atomic E-state index is -0.312. The zero-order valence-corrected chi connectivity index (χ0v) is 15.6. The number of benzene rings is 1. The van der Waals surface area contributed by atoms with Crippen LogP contribution >= 0.6 is 15.9 Å². The fraction of sp³-hybridized carbons (Fsp3) is 0.375. The van der Waals surface area contributed by atoms with Crippen molar-refractivity contribution in [3.8, 4) is 17.3 Å². The predicted molar refractivity (Wildman–Crippen MR) is 94.3 cm³/mol. The second kappa shape index (κ2) is 7.02. The summed E-state index contributed by atoms with van der Waals surface area (Å²) in [5.41, 5.74) is 0. The number of halogens is 2. The fourth-order valence-electron chi connectivity index (χ4n) is 2.85. The number of hydrogen-bond donors (Lipinski definition) is 0. The number of rotatable bonds is 4. The van der Waals surface area contributed by atoms with Gasteiger partial charge in [0.2, 0.25) is 11.6 Å². The van der Waals surface area contributed by atoms with Crippen LogP contribution in [0.5, 0.6) is 5.75 Å². The molecule has 0 saturated carbocycles. The molecule has 1 fully saturated rings. The molecule has 0 N–H and O–H groups in total. The first-order valence-corrected chi connectivity index (χ1v) is 8.95. The van der Waals surface area contributed by atoms with Crippen LogP contribution in [0.4, 0.5) is 10.2 Å². The Morgan fingerprint density at radius 1 is 1.27 bits per heavy atom. The lowest BCUT2D eigenvalue weighted by Gasteiger charge is -2.32. The van der Waals surface area contributed by atoms with Crippen molar-refractivity contribution in [3.05, 3.63) is 34.6 Å². The molecule has 10 heteroatoms. The van der Waals surface area contributed by atoms with E-state index < -0.39 is 0 Å². The molecule has 26 heavy (non-hydrogen) atoms. The molecule has 0 radical (unpaired) electrons. The van der Waals surface area contributed by atoms with Gasteiger partial charge < -0.3 is 14.2 Å². The van der Waals surface area contributed by atoms with E-state index in [1.807, 2.05) is 0 Å². The van der Waals surface area contributed by atoms with Gasteiger partial charge in [0.05, 0.1) is 11.5 Å². The van der Waals surface area contributed by atoms with Gasteiger partial charge in [-0.2, -0.15) is 4.80 Å². The molecule has 3 aromatic rings. The van der Waals surface area contributed by atoms with Crippen LogP contribution in [0.25, 0.3) is 11.6 Å². The molecule has 136 valence electrons. The molecule has 1 aliphatic rings. The largest absolute Gasteiger partial charge is 0.489 e. The summed E-state index contributed by atoms with van der Waals surface area (Å²) in [6, 6.07) is 6.25. The van der Waals surface area contributed by atoms with Crippen molar-refractivity contribution in [2.45, 2.75) is 18.9 Å². The number of piperidine rings is 1. The minimum Gasteiger partial charge on any atom is -0.489 e. The normalized spacial score (nSPS) is 15.4. The topological polar surface area (TPSA) is 82.1 Å². The summed E-state index contributed by atoms with van der Waals surface area (Å²) in [5, 5.41) is 15.9. The predicted octanol–water partition coefficient (Wildman–Crippen LogP) is 2.81. The van der Waals surface area contributed by atoms with E-state index in [1.54, 1.807) is 19.2 Å². The summed E-state index contributed by atoms with van der Waals surface area (Å²) >= 11 is 3.39. The standard InChI is InChI=1S/C16H16BrFN6O2/c1-23-20-16(19-22-23)14-9-15(21-26-14)24-6-4-11(5-7-24)25-13-8-10(18)2-3-12(13)17/h2-3,8-9,11H,4-7H2,1H3. The highest BCUT2D eigenvalue weighted by molar-refractivity contribution is 9.10. The molecule has 4 rings (SSSR count). The Morgan fingerprint density at radius 2 is 2.08 bits per heavy atom. The zero-order valence-electron chi connectivity index (χ0n) is 14.0. The van der Waals surface area contributed by atoms with Crippen molar-refractivity contribution in [1.29, 1.82) is 0 Å². The summed E-state index contributed by atoms with van der Waals surface area (Å²) in [6.07, 6.45) is 1.63. The average molecular weight is 423 g/mol. The first kappa shape index (κ1) is 17.0. The van der Waals surface area contributed by atoms with Gasteiger partial charge in [-0.25, -0.2) is 4.39 Å². The number of nitrogens with zero attached hydrogens (tertiary/aromatic N) is 6. The highest BCUT2D eigenvalue weighted by Gasteiger charge is 2.24. The molecule has 0 unspecified atom stereocenters. The molecular formula is C16H16BrFN6O2. The van der Waals surface area contributed by atoms with Crippen molar-refractivity contribution in [3.63, 3.8) is 0 Å². The van der Waals surface area contributed by atoms with Crippen molar-refractivity contribution in [2.24, 2.45) is 7.05 Å². The number of anilines is 1. The van der Waals surface area contributed by atoms with Gasteiger partial charge >= 0.3 is 0 Å². The molecule has 1 aromatic carbocycles. The average Bonchev–Trinajstić information content (AvgIpc) is 3.28. The third-order valence-corrected chi connectivity index (χ3v) is 4.83. The van der Waals surface area contributed by atoms with Crippen molar-refractivity contribution in [2.75, 3.05) is 18.0 Å². The Morgan fingerprint density at radius 3 is 2.81 bits per heavy atom. The maximum atomic E-state index is 13.4. The number of ether oxygens (including phenoxy) is 1. The fourth-order valence-corrected chi connectivity index (χ4v) is 3.19. The first-order valence-electron chi connectivity index (χ1n) is 8.16. The van der Waals surface area contributed by atoms with Gasteiger partial charge in [0.1, 0.15) is 17.7 Å². The lowest BCUT2D eigenvalue weighted by molar-refractivity contribution is 0.168. The molecule has 0 spiro atoms. The molecule has 3 heterocycles. The van der Waals surface area contributed by atoms with Gasteiger partial charge in [-0.15, -0.1) is 10.2 Å². The SMILES string of the molecule is Cn1nnc(-c2cc(N3CCC(Oc4cc(F)ccc4Br)CC3)no2)n1. The third kappa shape index (κ3) is 3.55. The number of tetrazole rings is 1. The van der Waals surface area contributed by atoms with Crippen LogP contribution in [0.1, 0.15) is 12.8 Å². The number of aryl methyl sites for hydroxylation is 1.